The molecule has 1 aromatic carbocycles. The molecule has 1 heterocycles. The second kappa shape index (κ2) is 7.43. The normalized spacial score (nSPS) is 21.5. The summed E-state index contributed by atoms with van der Waals surface area (Å²) in [5.41, 5.74) is 8.22. The Labute approximate surface area is 143 Å². The van der Waals surface area contributed by atoms with Gasteiger partial charge in [0.25, 0.3) is 0 Å². The second-order valence-electron chi connectivity index (χ2n) is 7.34. The van der Waals surface area contributed by atoms with Crippen LogP contribution in [0.1, 0.15) is 57.8 Å². The molecule has 3 N–H and O–H groups in total. The number of nitrogens with zero attached hydrogens (tertiary/aromatic N) is 1. The zero-order chi connectivity index (χ0) is 17.1. The van der Waals surface area contributed by atoms with E-state index in [1.807, 2.05) is 12.1 Å². The highest BCUT2D eigenvalue weighted by molar-refractivity contribution is 5.80. The van der Waals surface area contributed by atoms with E-state index >= 15 is 0 Å². The van der Waals surface area contributed by atoms with Crippen LogP contribution < -0.4 is 10.5 Å². The minimum Gasteiger partial charge on any atom is -0.491 e. The molecule has 132 valence electrons. The van der Waals surface area contributed by atoms with E-state index in [0.29, 0.717) is 35.8 Å². The average Bonchev–Trinajstić information content (AvgIpc) is 2.97. The molecule has 2 aromatic rings. The average molecular weight is 332 g/mol. The van der Waals surface area contributed by atoms with Gasteiger partial charge in [0.05, 0.1) is 12.3 Å². The van der Waals surface area contributed by atoms with Crippen LogP contribution in [-0.2, 0) is 0 Å². The van der Waals surface area contributed by atoms with Gasteiger partial charge in [-0.15, -0.1) is 0 Å². The van der Waals surface area contributed by atoms with Crippen molar-refractivity contribution in [1.29, 1.82) is 0 Å². The van der Waals surface area contributed by atoms with Gasteiger partial charge in [-0.2, -0.15) is 0 Å². The Morgan fingerprint density at radius 2 is 2.04 bits per heavy atom. The van der Waals surface area contributed by atoms with Gasteiger partial charge in [-0.25, -0.2) is 4.98 Å². The summed E-state index contributed by atoms with van der Waals surface area (Å²) in [6.07, 6.45) is 5.10. The first-order valence-corrected chi connectivity index (χ1v) is 9.00. The summed E-state index contributed by atoms with van der Waals surface area (Å²) >= 11 is 0. The fourth-order valence-corrected chi connectivity index (χ4v) is 3.28. The number of hydrogen-bond donors (Lipinski definition) is 2. The molecular weight excluding hydrogens is 304 g/mol. The van der Waals surface area contributed by atoms with Crippen molar-refractivity contribution in [2.75, 3.05) is 18.9 Å². The summed E-state index contributed by atoms with van der Waals surface area (Å²) in [4.78, 5) is 4.67. The van der Waals surface area contributed by atoms with E-state index in [1.54, 1.807) is 0 Å². The number of hydrogen-bond acceptors (Lipinski definition) is 5. The third-order valence-corrected chi connectivity index (χ3v) is 4.94. The van der Waals surface area contributed by atoms with Crippen LogP contribution in [0.5, 0.6) is 5.75 Å². The maximum Gasteiger partial charge on any atom is 0.198 e. The van der Waals surface area contributed by atoms with Gasteiger partial charge in [0, 0.05) is 24.7 Å². The molecule has 1 aromatic heterocycles. The van der Waals surface area contributed by atoms with Crippen molar-refractivity contribution in [3.05, 3.63) is 18.0 Å². The first-order chi connectivity index (χ1) is 11.6. The van der Waals surface area contributed by atoms with Gasteiger partial charge in [0.15, 0.2) is 11.5 Å². The van der Waals surface area contributed by atoms with Crippen LogP contribution >= 0.6 is 0 Å². The third-order valence-electron chi connectivity index (χ3n) is 4.94. The van der Waals surface area contributed by atoms with E-state index in [1.165, 1.54) is 0 Å². The number of nitrogen functional groups attached to an aromatic ring is 1. The molecule has 0 atom stereocenters. The molecule has 1 aliphatic rings. The number of oxazole rings is 1. The molecule has 3 rings (SSSR count). The van der Waals surface area contributed by atoms with E-state index in [0.717, 1.165) is 49.1 Å². The zero-order valence-electron chi connectivity index (χ0n) is 14.6. The van der Waals surface area contributed by atoms with Gasteiger partial charge in [-0.3, -0.25) is 0 Å². The number of aliphatic hydroxyl groups excluding tert-OH is 1. The van der Waals surface area contributed by atoms with Gasteiger partial charge in [0.2, 0.25) is 0 Å². The summed E-state index contributed by atoms with van der Waals surface area (Å²) < 4.78 is 11.8. The number of anilines is 1. The SMILES string of the molecule is CC(C)CCOc1cc2nc([C@H]3CC[C@H](CO)CC3)oc2cc1N. The van der Waals surface area contributed by atoms with E-state index in [9.17, 15) is 5.11 Å². The van der Waals surface area contributed by atoms with Crippen molar-refractivity contribution >= 4 is 16.8 Å². The van der Waals surface area contributed by atoms with Gasteiger partial charge >= 0.3 is 0 Å². The lowest BCUT2D eigenvalue weighted by molar-refractivity contribution is 0.177. The van der Waals surface area contributed by atoms with Crippen molar-refractivity contribution in [1.82, 2.24) is 4.98 Å². The Morgan fingerprint density at radius 3 is 2.71 bits per heavy atom. The molecular formula is C19H28N2O3. The maximum absolute atomic E-state index is 9.26. The lowest BCUT2D eigenvalue weighted by Crippen LogP contribution is -2.16. The second-order valence-corrected chi connectivity index (χ2v) is 7.34. The number of aromatic nitrogens is 1. The minimum atomic E-state index is 0.286. The molecule has 24 heavy (non-hydrogen) atoms. The monoisotopic (exact) mass is 332 g/mol. The molecule has 0 bridgehead atoms. The lowest BCUT2D eigenvalue weighted by Gasteiger charge is -2.24. The number of fused-ring (bicyclic) bond motifs is 1. The number of ether oxygens (including phenoxy) is 1. The molecule has 0 aliphatic heterocycles. The first-order valence-electron chi connectivity index (χ1n) is 9.00. The maximum atomic E-state index is 9.26. The van der Waals surface area contributed by atoms with Crippen molar-refractivity contribution < 1.29 is 14.3 Å². The molecule has 5 nitrogen and oxygen atoms in total. The molecule has 1 fully saturated rings. The third kappa shape index (κ3) is 3.83. The van der Waals surface area contributed by atoms with E-state index in [-0.39, 0.29) is 6.61 Å². The smallest absolute Gasteiger partial charge is 0.198 e. The van der Waals surface area contributed by atoms with E-state index in [2.05, 4.69) is 18.8 Å². The Bertz CT molecular complexity index is 673. The summed E-state index contributed by atoms with van der Waals surface area (Å²) in [6, 6.07) is 3.70. The summed E-state index contributed by atoms with van der Waals surface area (Å²) in [6.45, 7) is 5.29. The predicted octanol–water partition coefficient (Wildman–Crippen LogP) is 4.10. The van der Waals surface area contributed by atoms with Crippen molar-refractivity contribution in [3.63, 3.8) is 0 Å². The predicted molar refractivity (Wildman–Crippen MR) is 95.2 cm³/mol. The number of aliphatic hydroxyl groups is 1. The molecule has 1 saturated carbocycles. The summed E-state index contributed by atoms with van der Waals surface area (Å²) in [7, 11) is 0. The molecule has 1 aliphatic carbocycles. The van der Waals surface area contributed by atoms with Crippen LogP contribution in [0.15, 0.2) is 16.5 Å². The standard InChI is InChI=1S/C19H28N2O3/c1-12(2)7-8-23-17-10-16-18(9-15(17)20)24-19(21-16)14-5-3-13(11-22)4-6-14/h9-10,12-14,22H,3-8,11,20H2,1-2H3/t13-,14-. The summed E-state index contributed by atoms with van der Waals surface area (Å²) in [5, 5.41) is 9.26. The highest BCUT2D eigenvalue weighted by atomic mass is 16.5. The van der Waals surface area contributed by atoms with Crippen LogP contribution in [0.2, 0.25) is 0 Å². The van der Waals surface area contributed by atoms with E-state index in [4.69, 9.17) is 14.9 Å². The highest BCUT2D eigenvalue weighted by Crippen LogP contribution is 2.37. The van der Waals surface area contributed by atoms with Crippen LogP contribution in [0.25, 0.3) is 11.1 Å². The number of nitrogens with two attached hydrogens (primary N) is 1. The molecule has 5 heteroatoms. The Balaban J connectivity index is 1.73. The van der Waals surface area contributed by atoms with Gasteiger partial charge in [-0.1, -0.05) is 13.8 Å². The van der Waals surface area contributed by atoms with Crippen molar-refractivity contribution in [2.45, 2.75) is 51.9 Å². The van der Waals surface area contributed by atoms with Crippen LogP contribution in [0, 0.1) is 11.8 Å². The topological polar surface area (TPSA) is 81.5 Å². The first kappa shape index (κ1) is 17.1. The van der Waals surface area contributed by atoms with Gasteiger partial charge in [0.1, 0.15) is 11.3 Å². The molecule has 0 amide bonds. The molecule has 0 unspecified atom stereocenters. The van der Waals surface area contributed by atoms with Crippen LogP contribution in [-0.4, -0.2) is 23.3 Å². The van der Waals surface area contributed by atoms with Crippen molar-refractivity contribution in [2.24, 2.45) is 11.8 Å². The van der Waals surface area contributed by atoms with Crippen LogP contribution in [0.4, 0.5) is 5.69 Å². The molecule has 0 spiro atoms. The fraction of sp³-hybridized carbons (Fsp3) is 0.632. The molecule has 0 radical (unpaired) electrons. The zero-order valence-corrected chi connectivity index (χ0v) is 14.6. The number of benzene rings is 1. The number of rotatable bonds is 6. The van der Waals surface area contributed by atoms with Crippen molar-refractivity contribution in [3.8, 4) is 5.75 Å². The molecule has 0 saturated heterocycles. The van der Waals surface area contributed by atoms with Gasteiger partial charge < -0.3 is 20.0 Å². The van der Waals surface area contributed by atoms with Gasteiger partial charge in [-0.05, 0) is 43.9 Å². The lowest BCUT2D eigenvalue weighted by atomic mass is 9.82. The summed E-state index contributed by atoms with van der Waals surface area (Å²) in [5.74, 6) is 2.85. The Morgan fingerprint density at radius 1 is 1.29 bits per heavy atom. The van der Waals surface area contributed by atoms with Crippen LogP contribution in [0.3, 0.4) is 0 Å². The highest BCUT2D eigenvalue weighted by Gasteiger charge is 2.25. The fourth-order valence-electron chi connectivity index (χ4n) is 3.28. The quantitative estimate of drug-likeness (QED) is 0.778. The minimum absolute atomic E-state index is 0.286. The Hall–Kier alpha value is -1.75. The van der Waals surface area contributed by atoms with E-state index < -0.39 is 0 Å². The largest absolute Gasteiger partial charge is 0.491 e. The Kier molecular flexibility index (Phi) is 5.29.